The van der Waals surface area contributed by atoms with Crippen LogP contribution in [0.15, 0.2) is 0 Å². The minimum atomic E-state index is -1.79. The number of aliphatic hydroxyl groups excluding tert-OH is 6. The molecule has 0 bridgehead atoms. The fraction of sp³-hybridized carbons (Fsp3) is 0.778. The van der Waals surface area contributed by atoms with Gasteiger partial charge in [-0.25, -0.2) is 4.79 Å². The topological polar surface area (TPSA) is 176 Å². The zero-order chi connectivity index (χ0) is 14.9. The van der Waals surface area contributed by atoms with Crippen molar-refractivity contribution in [3.63, 3.8) is 0 Å². The monoisotopic (exact) mass is 270 g/mol. The number of aliphatic carboxylic acids is 1. The van der Waals surface area contributed by atoms with E-state index in [2.05, 4.69) is 0 Å². The summed E-state index contributed by atoms with van der Waals surface area (Å²) in [6, 6.07) is 0. The van der Waals surface area contributed by atoms with Gasteiger partial charge in [0.15, 0.2) is 6.29 Å². The Morgan fingerprint density at radius 2 is 1.50 bits per heavy atom. The Hall–Kier alpha value is -1.10. The lowest BCUT2D eigenvalue weighted by atomic mass is 10.0. The van der Waals surface area contributed by atoms with Crippen LogP contribution in [0.1, 0.15) is 6.92 Å². The highest BCUT2D eigenvalue weighted by molar-refractivity contribution is 5.71. The highest BCUT2D eigenvalue weighted by Crippen LogP contribution is 2.02. The zero-order valence-electron chi connectivity index (χ0n) is 9.62. The van der Waals surface area contributed by atoms with Crippen LogP contribution in [-0.2, 0) is 9.59 Å². The number of aldehydes is 1. The summed E-state index contributed by atoms with van der Waals surface area (Å²) in [5, 5.41) is 59.3. The van der Waals surface area contributed by atoms with E-state index < -0.39 is 43.1 Å². The minimum Gasteiger partial charge on any atom is -0.479 e. The molecule has 5 atom stereocenters. The van der Waals surface area contributed by atoms with Gasteiger partial charge >= 0.3 is 5.97 Å². The van der Waals surface area contributed by atoms with E-state index in [0.29, 0.717) is 0 Å². The summed E-state index contributed by atoms with van der Waals surface area (Å²) < 4.78 is 0. The van der Waals surface area contributed by atoms with Crippen LogP contribution in [0, 0.1) is 0 Å². The molecular weight excluding hydrogens is 252 g/mol. The summed E-state index contributed by atoms with van der Waals surface area (Å²) in [4.78, 5) is 19.3. The highest BCUT2D eigenvalue weighted by Gasteiger charge is 2.29. The van der Waals surface area contributed by atoms with E-state index in [0.717, 1.165) is 0 Å². The van der Waals surface area contributed by atoms with Gasteiger partial charge in [-0.05, 0) is 6.92 Å². The molecule has 0 aromatic heterocycles. The Bertz CT molecular complexity index is 242. The van der Waals surface area contributed by atoms with Crippen molar-refractivity contribution in [1.29, 1.82) is 0 Å². The first-order valence-corrected chi connectivity index (χ1v) is 4.88. The molecular formula is C9H18O9. The number of rotatable bonds is 6. The van der Waals surface area contributed by atoms with Crippen LogP contribution in [0.5, 0.6) is 0 Å². The number of hydrogen-bond acceptors (Lipinski definition) is 8. The van der Waals surface area contributed by atoms with Gasteiger partial charge in [-0.3, -0.25) is 0 Å². The average Bonchev–Trinajstić information content (AvgIpc) is 2.35. The number of aliphatic hydroxyl groups is 6. The van der Waals surface area contributed by atoms with Gasteiger partial charge in [0.1, 0.15) is 30.5 Å². The number of hydrogen-bond donors (Lipinski definition) is 7. The zero-order valence-corrected chi connectivity index (χ0v) is 9.62. The first kappa shape index (κ1) is 19.2. The van der Waals surface area contributed by atoms with Gasteiger partial charge in [0.25, 0.3) is 0 Å². The van der Waals surface area contributed by atoms with Crippen molar-refractivity contribution >= 4 is 12.3 Å². The normalized spacial score (nSPS) is 18.6. The molecule has 7 N–H and O–H groups in total. The van der Waals surface area contributed by atoms with Crippen LogP contribution < -0.4 is 0 Å². The fourth-order valence-electron chi connectivity index (χ4n) is 0.618. The van der Waals surface area contributed by atoms with Gasteiger partial charge in [0, 0.05) is 0 Å². The summed E-state index contributed by atoms with van der Waals surface area (Å²) >= 11 is 0. The van der Waals surface area contributed by atoms with E-state index in [1.165, 1.54) is 6.92 Å². The first-order valence-electron chi connectivity index (χ1n) is 4.88. The second-order valence-electron chi connectivity index (χ2n) is 3.37. The molecule has 0 aromatic carbocycles. The molecule has 0 aliphatic rings. The molecule has 0 aliphatic carbocycles. The summed E-state index contributed by atoms with van der Waals surface area (Å²) in [6.45, 7) is 0.437. The highest BCUT2D eigenvalue weighted by atomic mass is 16.4. The molecule has 0 heterocycles. The molecule has 9 heteroatoms. The van der Waals surface area contributed by atoms with Crippen molar-refractivity contribution < 1.29 is 45.3 Å². The maximum Gasteiger partial charge on any atom is 0.332 e. The van der Waals surface area contributed by atoms with Crippen molar-refractivity contribution in [1.82, 2.24) is 0 Å². The SMILES string of the molecule is CC(O)C(=O)O.O=C[C@H](O)[C@@H](O)[C@H](O)[C@H](O)CO. The van der Waals surface area contributed by atoms with Crippen molar-refractivity contribution in [3.05, 3.63) is 0 Å². The van der Waals surface area contributed by atoms with E-state index in [-0.39, 0.29) is 6.29 Å². The smallest absolute Gasteiger partial charge is 0.332 e. The van der Waals surface area contributed by atoms with Gasteiger partial charge in [0.05, 0.1) is 6.61 Å². The molecule has 0 fully saturated rings. The first-order chi connectivity index (χ1) is 8.18. The second-order valence-corrected chi connectivity index (χ2v) is 3.37. The Balaban J connectivity index is 0. The van der Waals surface area contributed by atoms with Crippen molar-refractivity contribution in [2.75, 3.05) is 6.61 Å². The Kier molecular flexibility index (Phi) is 10.6. The number of carbonyl (C=O) groups excluding carboxylic acids is 1. The summed E-state index contributed by atoms with van der Waals surface area (Å²) in [7, 11) is 0. The lowest BCUT2D eigenvalue weighted by molar-refractivity contribution is -0.145. The predicted octanol–water partition coefficient (Wildman–Crippen LogP) is -3.93. The number of carboxylic acids is 1. The van der Waals surface area contributed by atoms with Gasteiger partial charge in [-0.15, -0.1) is 0 Å². The molecule has 0 aromatic rings. The van der Waals surface area contributed by atoms with Gasteiger partial charge in [-0.2, -0.15) is 0 Å². The van der Waals surface area contributed by atoms with Crippen LogP contribution in [0.25, 0.3) is 0 Å². The number of carbonyl (C=O) groups is 2. The van der Waals surface area contributed by atoms with E-state index in [1.807, 2.05) is 0 Å². The summed E-state index contributed by atoms with van der Waals surface area (Å²) in [6.07, 6.45) is -8.07. The van der Waals surface area contributed by atoms with Crippen LogP contribution in [-0.4, -0.2) is 85.1 Å². The third-order valence-electron chi connectivity index (χ3n) is 1.78. The molecule has 1 unspecified atom stereocenters. The van der Waals surface area contributed by atoms with Gasteiger partial charge in [0.2, 0.25) is 0 Å². The van der Waals surface area contributed by atoms with Crippen molar-refractivity contribution in [3.8, 4) is 0 Å². The van der Waals surface area contributed by atoms with Gasteiger partial charge in [-0.1, -0.05) is 0 Å². The minimum absolute atomic E-state index is 0.0258. The molecule has 0 spiro atoms. The van der Waals surface area contributed by atoms with E-state index in [1.54, 1.807) is 0 Å². The van der Waals surface area contributed by atoms with Gasteiger partial charge < -0.3 is 40.5 Å². The summed E-state index contributed by atoms with van der Waals surface area (Å²) in [5.74, 6) is -1.19. The molecule has 108 valence electrons. The third-order valence-corrected chi connectivity index (χ3v) is 1.78. The summed E-state index contributed by atoms with van der Waals surface area (Å²) in [5.41, 5.74) is 0. The standard InChI is InChI=1S/C6H12O6.C3H6O3/c7-1-3(9)5(11)6(12)4(10)2-8;1-2(4)3(5)6/h1,3-6,8-12H,2H2;2,4H,1H3,(H,5,6)/t3-,4+,5+,6+;/m0./s1. The average molecular weight is 270 g/mol. The molecule has 9 nitrogen and oxygen atoms in total. The van der Waals surface area contributed by atoms with Crippen LogP contribution >= 0.6 is 0 Å². The van der Waals surface area contributed by atoms with E-state index in [9.17, 15) is 9.59 Å². The Labute approximate surface area is 103 Å². The maximum absolute atomic E-state index is 9.90. The van der Waals surface area contributed by atoms with Crippen LogP contribution in [0.2, 0.25) is 0 Å². The van der Waals surface area contributed by atoms with Crippen molar-refractivity contribution in [2.45, 2.75) is 37.4 Å². The molecule has 0 radical (unpaired) electrons. The van der Waals surface area contributed by atoms with E-state index in [4.69, 9.17) is 35.7 Å². The van der Waals surface area contributed by atoms with Crippen LogP contribution in [0.4, 0.5) is 0 Å². The van der Waals surface area contributed by atoms with Crippen LogP contribution in [0.3, 0.4) is 0 Å². The second kappa shape index (κ2) is 9.88. The molecule has 0 aliphatic heterocycles. The maximum atomic E-state index is 9.90. The molecule has 18 heavy (non-hydrogen) atoms. The quantitative estimate of drug-likeness (QED) is 0.237. The largest absolute Gasteiger partial charge is 0.479 e. The Morgan fingerprint density at radius 3 is 1.72 bits per heavy atom. The molecule has 0 amide bonds. The molecule has 0 saturated carbocycles. The molecule has 0 saturated heterocycles. The lowest BCUT2D eigenvalue weighted by Crippen LogP contribution is -2.46. The number of carboxylic acid groups (broad SMARTS) is 1. The Morgan fingerprint density at radius 1 is 1.11 bits per heavy atom. The predicted molar refractivity (Wildman–Crippen MR) is 56.5 cm³/mol. The van der Waals surface area contributed by atoms with E-state index >= 15 is 0 Å². The van der Waals surface area contributed by atoms with Crippen molar-refractivity contribution in [2.24, 2.45) is 0 Å². The fourth-order valence-corrected chi connectivity index (χ4v) is 0.618. The third kappa shape index (κ3) is 8.06. The lowest BCUT2D eigenvalue weighted by Gasteiger charge is -2.22. The molecule has 0 rings (SSSR count).